The summed E-state index contributed by atoms with van der Waals surface area (Å²) in [7, 11) is 4.02. The summed E-state index contributed by atoms with van der Waals surface area (Å²) in [5.41, 5.74) is 1.55. The monoisotopic (exact) mass is 289 g/mol. The molecule has 2 rings (SSSR count). The molecule has 0 bridgehead atoms. The van der Waals surface area contributed by atoms with Crippen molar-refractivity contribution in [1.29, 1.82) is 0 Å². The molecule has 0 unspecified atom stereocenters. The fourth-order valence-corrected chi connectivity index (χ4v) is 2.43. The van der Waals surface area contributed by atoms with Crippen LogP contribution in [-0.4, -0.2) is 37.6 Å². The lowest BCUT2D eigenvalue weighted by molar-refractivity contribution is 0.0155. The summed E-state index contributed by atoms with van der Waals surface area (Å²) in [4.78, 5) is 14.4. The number of nitrogens with zero attached hydrogens (tertiary/aromatic N) is 1. The predicted octanol–water partition coefficient (Wildman–Crippen LogP) is 3.48. The first-order valence-corrected chi connectivity index (χ1v) is 7.24. The number of hydrogen-bond acceptors (Lipinski definition) is 4. The zero-order valence-electron chi connectivity index (χ0n) is 13.3. The normalized spacial score (nSPS) is 14.4. The van der Waals surface area contributed by atoms with Gasteiger partial charge in [0, 0.05) is 23.4 Å². The SMILES string of the molecule is Cc1c(C(=O)O[C@H](C)[C@@H](C)CN(C)C)oc2ccccc12. The van der Waals surface area contributed by atoms with E-state index in [4.69, 9.17) is 9.15 Å². The smallest absolute Gasteiger partial charge is 0.374 e. The van der Waals surface area contributed by atoms with Crippen molar-refractivity contribution < 1.29 is 13.9 Å². The first kappa shape index (κ1) is 15.6. The van der Waals surface area contributed by atoms with E-state index in [-0.39, 0.29) is 18.0 Å². The molecule has 1 heterocycles. The Hall–Kier alpha value is -1.81. The zero-order chi connectivity index (χ0) is 15.6. The fourth-order valence-electron chi connectivity index (χ4n) is 2.43. The van der Waals surface area contributed by atoms with Gasteiger partial charge in [0.15, 0.2) is 0 Å². The molecule has 0 saturated heterocycles. The molecule has 0 aliphatic carbocycles. The van der Waals surface area contributed by atoms with Gasteiger partial charge in [-0.25, -0.2) is 4.79 Å². The number of para-hydroxylation sites is 1. The third-order valence-electron chi connectivity index (χ3n) is 3.78. The number of carbonyl (C=O) groups excluding carboxylic acids is 1. The van der Waals surface area contributed by atoms with Gasteiger partial charge >= 0.3 is 5.97 Å². The van der Waals surface area contributed by atoms with E-state index >= 15 is 0 Å². The van der Waals surface area contributed by atoms with Crippen molar-refractivity contribution in [3.05, 3.63) is 35.6 Å². The highest BCUT2D eigenvalue weighted by Gasteiger charge is 2.23. The van der Waals surface area contributed by atoms with Crippen molar-refractivity contribution in [2.24, 2.45) is 5.92 Å². The average Bonchev–Trinajstić information content (AvgIpc) is 2.76. The highest BCUT2D eigenvalue weighted by molar-refractivity contribution is 5.95. The second kappa shape index (κ2) is 6.31. The molecule has 0 spiro atoms. The summed E-state index contributed by atoms with van der Waals surface area (Å²) in [5, 5.41) is 0.957. The Morgan fingerprint density at radius 2 is 1.95 bits per heavy atom. The van der Waals surface area contributed by atoms with E-state index in [9.17, 15) is 4.79 Å². The van der Waals surface area contributed by atoms with Crippen LogP contribution in [0.5, 0.6) is 0 Å². The Labute approximate surface area is 125 Å². The predicted molar refractivity (Wildman–Crippen MR) is 83.5 cm³/mol. The van der Waals surface area contributed by atoms with Crippen molar-refractivity contribution >= 4 is 16.9 Å². The van der Waals surface area contributed by atoms with Crippen molar-refractivity contribution in [3.8, 4) is 0 Å². The lowest BCUT2D eigenvalue weighted by Gasteiger charge is -2.23. The van der Waals surface area contributed by atoms with Crippen LogP contribution >= 0.6 is 0 Å². The number of aryl methyl sites for hydroxylation is 1. The molecule has 4 nitrogen and oxygen atoms in total. The molecule has 2 aromatic rings. The molecule has 0 N–H and O–H groups in total. The molecule has 0 aliphatic rings. The lowest BCUT2D eigenvalue weighted by Crippen LogP contribution is -2.30. The van der Waals surface area contributed by atoms with E-state index in [0.717, 1.165) is 23.1 Å². The molecule has 21 heavy (non-hydrogen) atoms. The summed E-state index contributed by atoms with van der Waals surface area (Å²) in [5.74, 6) is 0.176. The number of rotatable bonds is 5. The number of ether oxygens (including phenoxy) is 1. The van der Waals surface area contributed by atoms with Crippen LogP contribution in [0.3, 0.4) is 0 Å². The average molecular weight is 289 g/mol. The molecule has 0 amide bonds. The molecular formula is C17H23NO3. The zero-order valence-corrected chi connectivity index (χ0v) is 13.3. The quantitative estimate of drug-likeness (QED) is 0.790. The Balaban J connectivity index is 2.13. The second-order valence-electron chi connectivity index (χ2n) is 5.90. The number of furan rings is 1. The summed E-state index contributed by atoms with van der Waals surface area (Å²) in [6.45, 7) is 6.75. The van der Waals surface area contributed by atoms with Crippen LogP contribution in [0, 0.1) is 12.8 Å². The lowest BCUT2D eigenvalue weighted by atomic mass is 10.1. The molecule has 0 saturated carbocycles. The van der Waals surface area contributed by atoms with Crippen LogP contribution in [-0.2, 0) is 4.74 Å². The second-order valence-corrected chi connectivity index (χ2v) is 5.90. The number of benzene rings is 1. The highest BCUT2D eigenvalue weighted by atomic mass is 16.6. The molecule has 1 aromatic carbocycles. The van der Waals surface area contributed by atoms with Crippen LogP contribution in [0.2, 0.25) is 0 Å². The van der Waals surface area contributed by atoms with Gasteiger partial charge in [0.1, 0.15) is 11.7 Å². The maximum Gasteiger partial charge on any atom is 0.374 e. The van der Waals surface area contributed by atoms with Gasteiger partial charge in [-0.1, -0.05) is 25.1 Å². The molecule has 0 radical (unpaired) electrons. The highest BCUT2D eigenvalue weighted by Crippen LogP contribution is 2.26. The Bertz CT molecular complexity index is 630. The minimum absolute atomic E-state index is 0.160. The van der Waals surface area contributed by atoms with Crippen molar-refractivity contribution in [1.82, 2.24) is 4.90 Å². The molecular weight excluding hydrogens is 266 g/mol. The van der Waals surface area contributed by atoms with Crippen LogP contribution in [0.4, 0.5) is 0 Å². The maximum absolute atomic E-state index is 12.3. The summed E-state index contributed by atoms with van der Waals surface area (Å²) in [6.07, 6.45) is -0.160. The number of esters is 1. The van der Waals surface area contributed by atoms with Crippen molar-refractivity contribution in [2.75, 3.05) is 20.6 Å². The fraction of sp³-hybridized carbons (Fsp3) is 0.471. The van der Waals surface area contributed by atoms with E-state index in [0.29, 0.717) is 5.76 Å². The number of fused-ring (bicyclic) bond motifs is 1. The van der Waals surface area contributed by atoms with Gasteiger partial charge in [-0.15, -0.1) is 0 Å². The van der Waals surface area contributed by atoms with E-state index in [2.05, 4.69) is 11.8 Å². The topological polar surface area (TPSA) is 42.7 Å². The van der Waals surface area contributed by atoms with Crippen LogP contribution in [0.15, 0.2) is 28.7 Å². The largest absolute Gasteiger partial charge is 0.456 e. The first-order chi connectivity index (χ1) is 9.90. The van der Waals surface area contributed by atoms with Crippen LogP contribution in [0.25, 0.3) is 11.0 Å². The molecule has 4 heteroatoms. The minimum Gasteiger partial charge on any atom is -0.456 e. The summed E-state index contributed by atoms with van der Waals surface area (Å²) >= 11 is 0. The summed E-state index contributed by atoms with van der Waals surface area (Å²) in [6, 6.07) is 7.63. The van der Waals surface area contributed by atoms with Crippen LogP contribution in [0.1, 0.15) is 30.0 Å². The van der Waals surface area contributed by atoms with Crippen molar-refractivity contribution in [2.45, 2.75) is 26.9 Å². The van der Waals surface area contributed by atoms with Gasteiger partial charge in [-0.2, -0.15) is 0 Å². The standard InChI is InChI=1S/C17H23NO3/c1-11(10-18(4)5)13(3)20-17(19)16-12(2)14-8-6-7-9-15(14)21-16/h6-9,11,13H,10H2,1-5H3/t11-,13+/m0/s1. The summed E-state index contributed by atoms with van der Waals surface area (Å²) < 4.78 is 11.2. The molecule has 2 atom stereocenters. The van der Waals surface area contributed by atoms with E-state index in [1.165, 1.54) is 0 Å². The van der Waals surface area contributed by atoms with Gasteiger partial charge in [0.2, 0.25) is 5.76 Å². The van der Waals surface area contributed by atoms with Gasteiger partial charge in [0.25, 0.3) is 0 Å². The molecule has 114 valence electrons. The van der Waals surface area contributed by atoms with Gasteiger partial charge in [0.05, 0.1) is 0 Å². The van der Waals surface area contributed by atoms with Crippen molar-refractivity contribution in [3.63, 3.8) is 0 Å². The van der Waals surface area contributed by atoms with Gasteiger partial charge < -0.3 is 14.1 Å². The Morgan fingerprint density at radius 1 is 1.29 bits per heavy atom. The van der Waals surface area contributed by atoms with E-state index in [1.54, 1.807) is 0 Å². The third kappa shape index (κ3) is 3.45. The van der Waals surface area contributed by atoms with Gasteiger partial charge in [-0.05, 0) is 34.0 Å². The third-order valence-corrected chi connectivity index (χ3v) is 3.78. The molecule has 0 aliphatic heterocycles. The maximum atomic E-state index is 12.3. The van der Waals surface area contributed by atoms with Gasteiger partial charge in [-0.3, -0.25) is 0 Å². The molecule has 0 fully saturated rings. The number of carbonyl (C=O) groups is 1. The number of hydrogen-bond donors (Lipinski definition) is 0. The first-order valence-electron chi connectivity index (χ1n) is 7.24. The van der Waals surface area contributed by atoms with Crippen LogP contribution < -0.4 is 0 Å². The Kier molecular flexibility index (Phi) is 4.68. The minimum atomic E-state index is -0.387. The Morgan fingerprint density at radius 3 is 2.57 bits per heavy atom. The van der Waals surface area contributed by atoms with E-state index in [1.807, 2.05) is 52.2 Å². The van der Waals surface area contributed by atoms with E-state index < -0.39 is 0 Å². The molecule has 1 aromatic heterocycles.